The van der Waals surface area contributed by atoms with Crippen LogP contribution < -0.4 is 4.74 Å². The molecule has 46 heavy (non-hydrogen) atoms. The van der Waals surface area contributed by atoms with Gasteiger partial charge in [0.1, 0.15) is 11.5 Å². The first-order valence-corrected chi connectivity index (χ1v) is 15.9. The van der Waals surface area contributed by atoms with Gasteiger partial charge < -0.3 is 4.74 Å². The molecule has 8 aromatic carbocycles. The Balaban J connectivity index is 1.16. The molecular weight excluding hydrogens is 556 g/mol. The molecule has 0 spiro atoms. The number of hydrogen-bond donors (Lipinski definition) is 0. The second-order valence-corrected chi connectivity index (χ2v) is 12.5. The molecule has 0 N–H and O–H groups in total. The SMILES string of the molecule is c1ccc(C2(c3ccc(-c4ccc5c(c4)-c4cccc6cccc(c46)O5)cc3)c3ccccc3-c3cc4ccccc4cc32)cc1. The van der Waals surface area contributed by atoms with Crippen LogP contribution in [0.5, 0.6) is 11.5 Å². The van der Waals surface area contributed by atoms with Gasteiger partial charge in [0.15, 0.2) is 0 Å². The summed E-state index contributed by atoms with van der Waals surface area (Å²) in [5, 5.41) is 4.91. The molecule has 1 aliphatic heterocycles. The van der Waals surface area contributed by atoms with Crippen LogP contribution in [0.2, 0.25) is 0 Å². The molecule has 1 atom stereocenters. The van der Waals surface area contributed by atoms with Crippen molar-refractivity contribution in [2.75, 3.05) is 0 Å². The van der Waals surface area contributed by atoms with Gasteiger partial charge in [-0.05, 0) is 96.6 Å². The minimum absolute atomic E-state index is 0.432. The second kappa shape index (κ2) is 9.54. The van der Waals surface area contributed by atoms with Gasteiger partial charge in [-0.3, -0.25) is 0 Å². The standard InChI is InChI=1S/C45H28O/c1-2-14-34(15-3-1)45(40-18-7-6-16-36(40)38-26-31-10-4-5-11-32(31)28-41(38)45)35-23-20-29(21-24-35)33-22-25-42-39(27-33)37-17-8-12-30-13-9-19-43(46-42)44(30)37/h1-28H. The Hall–Kier alpha value is -5.92. The molecule has 0 bridgehead atoms. The lowest BCUT2D eigenvalue weighted by Gasteiger charge is -2.34. The van der Waals surface area contributed by atoms with E-state index in [4.69, 9.17) is 4.74 Å². The summed E-state index contributed by atoms with van der Waals surface area (Å²) < 4.78 is 6.39. The molecular formula is C45H28O. The second-order valence-electron chi connectivity index (χ2n) is 12.5. The Morgan fingerprint density at radius 3 is 1.85 bits per heavy atom. The normalized spacial score (nSPS) is 15.7. The summed E-state index contributed by atoms with van der Waals surface area (Å²) in [6.07, 6.45) is 0. The highest BCUT2D eigenvalue weighted by molar-refractivity contribution is 6.04. The highest BCUT2D eigenvalue weighted by Gasteiger charge is 2.46. The van der Waals surface area contributed by atoms with Crippen molar-refractivity contribution in [2.45, 2.75) is 5.41 Å². The molecule has 10 rings (SSSR count). The van der Waals surface area contributed by atoms with Gasteiger partial charge in [0.2, 0.25) is 0 Å². The molecule has 1 unspecified atom stereocenters. The van der Waals surface area contributed by atoms with E-state index in [9.17, 15) is 0 Å². The van der Waals surface area contributed by atoms with Crippen LogP contribution in [0.4, 0.5) is 0 Å². The van der Waals surface area contributed by atoms with Crippen LogP contribution in [0.3, 0.4) is 0 Å². The summed E-state index contributed by atoms with van der Waals surface area (Å²) in [5.74, 6) is 1.83. The monoisotopic (exact) mass is 584 g/mol. The zero-order valence-corrected chi connectivity index (χ0v) is 25.1. The van der Waals surface area contributed by atoms with Gasteiger partial charge in [-0.2, -0.15) is 0 Å². The molecule has 214 valence electrons. The van der Waals surface area contributed by atoms with Gasteiger partial charge in [-0.1, -0.05) is 140 Å². The van der Waals surface area contributed by atoms with Crippen molar-refractivity contribution in [3.63, 3.8) is 0 Å². The number of hydrogen-bond acceptors (Lipinski definition) is 1. The van der Waals surface area contributed by atoms with Crippen LogP contribution in [0.1, 0.15) is 22.3 Å². The molecule has 0 saturated carbocycles. The average Bonchev–Trinajstić information content (AvgIpc) is 3.41. The van der Waals surface area contributed by atoms with Crippen molar-refractivity contribution in [2.24, 2.45) is 0 Å². The summed E-state index contributed by atoms with van der Waals surface area (Å²) >= 11 is 0. The lowest BCUT2D eigenvalue weighted by atomic mass is 9.67. The zero-order valence-electron chi connectivity index (χ0n) is 25.1. The van der Waals surface area contributed by atoms with E-state index in [1.54, 1.807) is 0 Å². The molecule has 0 radical (unpaired) electrons. The Morgan fingerprint density at radius 2 is 1.00 bits per heavy atom. The number of rotatable bonds is 3. The lowest BCUT2D eigenvalue weighted by molar-refractivity contribution is 0.487. The third-order valence-electron chi connectivity index (χ3n) is 10.1. The molecule has 1 nitrogen and oxygen atoms in total. The number of benzene rings is 8. The van der Waals surface area contributed by atoms with E-state index < -0.39 is 5.41 Å². The molecule has 0 saturated heterocycles. The molecule has 1 heterocycles. The summed E-state index contributed by atoms with van der Waals surface area (Å²) in [6.45, 7) is 0. The Kier molecular flexibility index (Phi) is 5.27. The predicted molar refractivity (Wildman–Crippen MR) is 190 cm³/mol. The summed E-state index contributed by atoms with van der Waals surface area (Å²) in [4.78, 5) is 0. The third kappa shape index (κ3) is 3.46. The Morgan fingerprint density at radius 1 is 0.348 bits per heavy atom. The van der Waals surface area contributed by atoms with E-state index in [1.165, 1.54) is 71.6 Å². The molecule has 0 amide bonds. The van der Waals surface area contributed by atoms with Crippen molar-refractivity contribution >= 4 is 21.5 Å². The summed E-state index contributed by atoms with van der Waals surface area (Å²) in [5.41, 5.74) is 12.1. The number of ether oxygens (including phenoxy) is 1. The average molecular weight is 585 g/mol. The first-order valence-electron chi connectivity index (χ1n) is 15.9. The molecule has 2 aliphatic rings. The van der Waals surface area contributed by atoms with Crippen LogP contribution in [0.25, 0.3) is 54.9 Å². The fraction of sp³-hybridized carbons (Fsp3) is 0.0222. The fourth-order valence-corrected chi connectivity index (χ4v) is 8.10. The minimum Gasteiger partial charge on any atom is -0.456 e. The summed E-state index contributed by atoms with van der Waals surface area (Å²) in [6, 6.07) is 62.2. The first kappa shape index (κ1) is 25.4. The Bertz CT molecular complexity index is 2480. The van der Waals surface area contributed by atoms with E-state index in [-0.39, 0.29) is 0 Å². The van der Waals surface area contributed by atoms with Crippen molar-refractivity contribution in [3.05, 3.63) is 192 Å². The topological polar surface area (TPSA) is 9.23 Å². The van der Waals surface area contributed by atoms with E-state index in [0.29, 0.717) is 0 Å². The van der Waals surface area contributed by atoms with Crippen molar-refractivity contribution in [1.82, 2.24) is 0 Å². The van der Waals surface area contributed by atoms with Crippen LogP contribution in [0, 0.1) is 0 Å². The third-order valence-corrected chi connectivity index (χ3v) is 10.1. The maximum Gasteiger partial charge on any atom is 0.135 e. The van der Waals surface area contributed by atoms with Crippen LogP contribution >= 0.6 is 0 Å². The van der Waals surface area contributed by atoms with Gasteiger partial charge in [0.25, 0.3) is 0 Å². The van der Waals surface area contributed by atoms with Crippen LogP contribution in [0.15, 0.2) is 170 Å². The maximum absolute atomic E-state index is 6.39. The summed E-state index contributed by atoms with van der Waals surface area (Å²) in [7, 11) is 0. The van der Waals surface area contributed by atoms with E-state index in [1.807, 2.05) is 0 Å². The zero-order chi connectivity index (χ0) is 30.2. The fourth-order valence-electron chi connectivity index (χ4n) is 8.10. The molecule has 1 aliphatic carbocycles. The quantitative estimate of drug-likeness (QED) is 0.201. The van der Waals surface area contributed by atoms with Crippen molar-refractivity contribution < 1.29 is 4.74 Å². The maximum atomic E-state index is 6.39. The minimum atomic E-state index is -0.432. The van der Waals surface area contributed by atoms with Gasteiger partial charge in [0, 0.05) is 10.9 Å². The number of fused-ring (bicyclic) bond motifs is 6. The molecule has 0 fully saturated rings. The van der Waals surface area contributed by atoms with E-state index in [0.717, 1.165) is 17.1 Å². The van der Waals surface area contributed by atoms with Gasteiger partial charge >= 0.3 is 0 Å². The van der Waals surface area contributed by atoms with Gasteiger partial charge in [-0.25, -0.2) is 0 Å². The molecule has 0 aromatic heterocycles. The van der Waals surface area contributed by atoms with Gasteiger partial charge in [0.05, 0.1) is 5.41 Å². The highest BCUT2D eigenvalue weighted by atomic mass is 16.5. The first-order chi connectivity index (χ1) is 22.8. The van der Waals surface area contributed by atoms with Crippen LogP contribution in [-0.4, -0.2) is 0 Å². The Labute approximate surface area is 268 Å². The van der Waals surface area contributed by atoms with E-state index in [2.05, 4.69) is 170 Å². The highest BCUT2D eigenvalue weighted by Crippen LogP contribution is 2.57. The largest absolute Gasteiger partial charge is 0.456 e. The molecule has 8 aromatic rings. The van der Waals surface area contributed by atoms with Crippen LogP contribution in [-0.2, 0) is 5.41 Å². The van der Waals surface area contributed by atoms with Gasteiger partial charge in [-0.15, -0.1) is 0 Å². The smallest absolute Gasteiger partial charge is 0.135 e. The predicted octanol–water partition coefficient (Wildman–Crippen LogP) is 11.8. The molecule has 1 heteroatoms. The van der Waals surface area contributed by atoms with E-state index >= 15 is 0 Å². The van der Waals surface area contributed by atoms with Crippen molar-refractivity contribution in [3.8, 4) is 44.9 Å². The van der Waals surface area contributed by atoms with Crippen molar-refractivity contribution in [1.29, 1.82) is 0 Å². The lowest BCUT2D eigenvalue weighted by Crippen LogP contribution is -2.28.